The molecule has 154 valence electrons. The van der Waals surface area contributed by atoms with Crippen LogP contribution in [0.4, 0.5) is 4.79 Å². The van der Waals surface area contributed by atoms with E-state index < -0.39 is 6.09 Å². The Morgan fingerprint density at radius 1 is 1.31 bits per heavy atom. The summed E-state index contributed by atoms with van der Waals surface area (Å²) in [6.45, 7) is 10.7. The molecule has 0 saturated carbocycles. The van der Waals surface area contributed by atoms with E-state index in [0.29, 0.717) is 6.54 Å². The Balaban J connectivity index is 1.75. The Labute approximate surface area is 169 Å². The van der Waals surface area contributed by atoms with Crippen molar-refractivity contribution < 1.29 is 14.3 Å². The normalized spacial score (nSPS) is 18.0. The highest BCUT2D eigenvalue weighted by Gasteiger charge is 2.30. The minimum Gasteiger partial charge on any atom is -0.486 e. The van der Waals surface area contributed by atoms with Crippen molar-refractivity contribution in [3.8, 4) is 16.9 Å². The zero-order valence-electron chi connectivity index (χ0n) is 17.7. The van der Waals surface area contributed by atoms with E-state index in [1.165, 1.54) is 0 Å². The second-order valence-electron chi connectivity index (χ2n) is 8.57. The second-order valence-corrected chi connectivity index (χ2v) is 8.57. The van der Waals surface area contributed by atoms with Crippen LogP contribution in [-0.2, 0) is 17.3 Å². The molecule has 8 nitrogen and oxygen atoms in total. The predicted octanol–water partition coefficient (Wildman–Crippen LogP) is 3.38. The molecule has 1 aliphatic heterocycles. The zero-order valence-corrected chi connectivity index (χ0v) is 17.7. The Morgan fingerprint density at radius 3 is 2.69 bits per heavy atom. The van der Waals surface area contributed by atoms with Crippen LogP contribution in [0.25, 0.3) is 22.0 Å². The van der Waals surface area contributed by atoms with Crippen molar-refractivity contribution in [1.82, 2.24) is 24.9 Å². The van der Waals surface area contributed by atoms with Gasteiger partial charge in [-0.1, -0.05) is 0 Å². The number of ether oxygens (including phenoxy) is 2. The highest BCUT2D eigenvalue weighted by molar-refractivity contribution is 5.92. The molecule has 8 heteroatoms. The molecule has 3 heterocycles. The van der Waals surface area contributed by atoms with Crippen molar-refractivity contribution in [3.63, 3.8) is 0 Å². The van der Waals surface area contributed by atoms with Gasteiger partial charge >= 0.3 is 6.09 Å². The van der Waals surface area contributed by atoms with Gasteiger partial charge in [-0.3, -0.25) is 9.36 Å². The number of nitrogens with zero attached hydrogens (tertiary/aromatic N) is 4. The summed E-state index contributed by atoms with van der Waals surface area (Å²) in [4.78, 5) is 11.4. The van der Waals surface area contributed by atoms with Gasteiger partial charge in [0, 0.05) is 24.5 Å². The molecule has 1 amide bonds. The fourth-order valence-electron chi connectivity index (χ4n) is 3.48. The number of hydrogen-bond donors (Lipinski definition) is 1. The smallest absolute Gasteiger partial charge is 0.407 e. The number of carbonyl (C=O) groups excluding carboxylic acids is 1. The van der Waals surface area contributed by atoms with Gasteiger partial charge in [0.1, 0.15) is 11.9 Å². The van der Waals surface area contributed by atoms with Crippen LogP contribution in [-0.4, -0.2) is 44.4 Å². The van der Waals surface area contributed by atoms with Crippen molar-refractivity contribution in [3.05, 3.63) is 30.2 Å². The number of cyclic esters (lactones) is 1. The molecule has 1 fully saturated rings. The van der Waals surface area contributed by atoms with E-state index in [1.807, 2.05) is 48.7 Å². The summed E-state index contributed by atoms with van der Waals surface area (Å²) >= 11 is 0. The molecule has 0 spiro atoms. The number of nitrogens with one attached hydrogen (secondary N) is 1. The number of aromatic nitrogens is 4. The Hall–Kier alpha value is -3.03. The highest BCUT2D eigenvalue weighted by atomic mass is 16.6. The third-order valence-corrected chi connectivity index (χ3v) is 5.33. The summed E-state index contributed by atoms with van der Waals surface area (Å²) in [7, 11) is 1.92. The van der Waals surface area contributed by atoms with Crippen molar-refractivity contribution in [1.29, 1.82) is 0 Å². The summed E-state index contributed by atoms with van der Waals surface area (Å²) in [6.07, 6.45) is 2.85. The molecule has 0 radical (unpaired) electrons. The molecule has 1 saturated heterocycles. The van der Waals surface area contributed by atoms with Gasteiger partial charge in [-0.15, -0.1) is 0 Å². The van der Waals surface area contributed by atoms with Crippen LogP contribution >= 0.6 is 0 Å². The number of hydrogen-bond acceptors (Lipinski definition) is 5. The summed E-state index contributed by atoms with van der Waals surface area (Å²) in [5.74, 6) is 0.724. The monoisotopic (exact) mass is 397 g/mol. The van der Waals surface area contributed by atoms with Gasteiger partial charge in [0.2, 0.25) is 0 Å². The first-order valence-corrected chi connectivity index (χ1v) is 9.77. The molecule has 0 bridgehead atoms. The molecule has 0 aliphatic carbocycles. The molecule has 1 aliphatic rings. The van der Waals surface area contributed by atoms with Crippen molar-refractivity contribution in [2.24, 2.45) is 7.05 Å². The number of alkyl carbamates (subject to hydrolysis) is 1. The number of rotatable bonds is 4. The maximum absolute atomic E-state index is 11.4. The van der Waals surface area contributed by atoms with Crippen LogP contribution in [0.1, 0.15) is 33.4 Å². The molecule has 2 aromatic heterocycles. The lowest BCUT2D eigenvalue weighted by molar-refractivity contribution is 0.0587. The van der Waals surface area contributed by atoms with Gasteiger partial charge in [-0.25, -0.2) is 4.79 Å². The minimum absolute atomic E-state index is 0.100. The summed E-state index contributed by atoms with van der Waals surface area (Å²) in [5, 5.41) is 12.8. The van der Waals surface area contributed by atoms with Crippen LogP contribution < -0.4 is 10.1 Å². The summed E-state index contributed by atoms with van der Waals surface area (Å²) in [5.41, 5.74) is 3.75. The van der Waals surface area contributed by atoms with E-state index in [0.717, 1.165) is 33.5 Å². The van der Waals surface area contributed by atoms with Gasteiger partial charge in [0.05, 0.1) is 29.2 Å². The largest absolute Gasteiger partial charge is 0.486 e. The summed E-state index contributed by atoms with van der Waals surface area (Å²) < 4.78 is 15.4. The van der Waals surface area contributed by atoms with Crippen molar-refractivity contribution >= 4 is 17.0 Å². The predicted molar refractivity (Wildman–Crippen MR) is 110 cm³/mol. The average molecular weight is 397 g/mol. The molecule has 0 unspecified atom stereocenters. The second kappa shape index (κ2) is 6.79. The van der Waals surface area contributed by atoms with E-state index >= 15 is 0 Å². The Kier molecular flexibility index (Phi) is 4.52. The number of amides is 1. The van der Waals surface area contributed by atoms with E-state index in [1.54, 1.807) is 0 Å². The SMILES string of the molecule is Cc1c2c(O[C@H](C)[C@H]3CNC(=O)O3)cc(-c3cnn(C(C)(C)C)c3)cc2nn1C. The maximum atomic E-state index is 11.4. The molecule has 4 rings (SSSR count). The van der Waals surface area contributed by atoms with Gasteiger partial charge in [0.15, 0.2) is 6.10 Å². The summed E-state index contributed by atoms with van der Waals surface area (Å²) in [6, 6.07) is 4.07. The van der Waals surface area contributed by atoms with Gasteiger partial charge in [-0.05, 0) is 52.3 Å². The fraction of sp³-hybridized carbons (Fsp3) is 0.476. The number of carbonyl (C=O) groups is 1. The average Bonchev–Trinajstić information content (AvgIpc) is 3.34. The first-order chi connectivity index (χ1) is 13.6. The van der Waals surface area contributed by atoms with Gasteiger partial charge in [-0.2, -0.15) is 10.2 Å². The molecule has 1 aromatic carbocycles. The molecular formula is C21H27N5O3. The highest BCUT2D eigenvalue weighted by Crippen LogP contribution is 2.35. The molecule has 29 heavy (non-hydrogen) atoms. The third-order valence-electron chi connectivity index (χ3n) is 5.33. The third kappa shape index (κ3) is 3.54. The van der Waals surface area contributed by atoms with Crippen LogP contribution in [0.3, 0.4) is 0 Å². The van der Waals surface area contributed by atoms with Crippen LogP contribution in [0.2, 0.25) is 0 Å². The fourth-order valence-corrected chi connectivity index (χ4v) is 3.48. The van der Waals surface area contributed by atoms with Crippen LogP contribution in [0, 0.1) is 6.92 Å². The lowest BCUT2D eigenvalue weighted by Gasteiger charge is -2.20. The number of benzene rings is 1. The first kappa shape index (κ1) is 19.3. The van der Waals surface area contributed by atoms with E-state index in [2.05, 4.69) is 42.4 Å². The molecule has 1 N–H and O–H groups in total. The Bertz CT molecular complexity index is 1080. The quantitative estimate of drug-likeness (QED) is 0.730. The topological polar surface area (TPSA) is 83.2 Å². The lowest BCUT2D eigenvalue weighted by Crippen LogP contribution is -2.31. The Morgan fingerprint density at radius 2 is 2.07 bits per heavy atom. The zero-order chi connectivity index (χ0) is 20.9. The molecular weight excluding hydrogens is 370 g/mol. The molecule has 3 aromatic rings. The van der Waals surface area contributed by atoms with Gasteiger partial charge < -0.3 is 14.8 Å². The number of fused-ring (bicyclic) bond motifs is 1. The van der Waals surface area contributed by atoms with E-state index in [-0.39, 0.29) is 17.7 Å². The molecule has 2 atom stereocenters. The van der Waals surface area contributed by atoms with Gasteiger partial charge in [0.25, 0.3) is 0 Å². The standard InChI is InChI=1S/C21H27N5O3/c1-12-19-16(24-25(12)6)7-14(15-9-23-26(11-15)21(3,4)5)8-17(19)28-13(2)18-10-22-20(27)29-18/h7-9,11,13,18H,10H2,1-6H3,(H,22,27)/t13-,18-/m1/s1. The van der Waals surface area contributed by atoms with Crippen molar-refractivity contribution in [2.75, 3.05) is 6.54 Å². The van der Waals surface area contributed by atoms with Crippen LogP contribution in [0.5, 0.6) is 5.75 Å². The van der Waals surface area contributed by atoms with E-state index in [4.69, 9.17) is 9.47 Å². The maximum Gasteiger partial charge on any atom is 0.407 e. The van der Waals surface area contributed by atoms with Crippen molar-refractivity contribution in [2.45, 2.75) is 52.4 Å². The minimum atomic E-state index is -0.406. The van der Waals surface area contributed by atoms with Crippen LogP contribution in [0.15, 0.2) is 24.5 Å². The lowest BCUT2D eigenvalue weighted by atomic mass is 10.0. The number of aryl methyl sites for hydroxylation is 2. The van der Waals surface area contributed by atoms with E-state index in [9.17, 15) is 4.79 Å². The first-order valence-electron chi connectivity index (χ1n) is 9.77.